The zero-order valence-corrected chi connectivity index (χ0v) is 13.6. The van der Waals surface area contributed by atoms with Crippen LogP contribution in [0.15, 0.2) is 24.3 Å². The molecule has 0 atom stereocenters. The van der Waals surface area contributed by atoms with Gasteiger partial charge in [-0.2, -0.15) is 0 Å². The van der Waals surface area contributed by atoms with Gasteiger partial charge in [-0.25, -0.2) is 8.78 Å². The van der Waals surface area contributed by atoms with Gasteiger partial charge in [0.15, 0.2) is 0 Å². The first-order valence-electron chi connectivity index (χ1n) is 6.91. The lowest BCUT2D eigenvalue weighted by atomic mass is 10.0. The van der Waals surface area contributed by atoms with Gasteiger partial charge >= 0.3 is 0 Å². The Labute approximate surface area is 135 Å². The third-order valence-electron chi connectivity index (χ3n) is 2.99. The maximum absolute atomic E-state index is 12.8. The zero-order chi connectivity index (χ0) is 15.9. The highest BCUT2D eigenvalue weighted by molar-refractivity contribution is 5.85. The number of nitrogens with two attached hydrogens (primary N) is 1. The molecule has 0 aliphatic carbocycles. The van der Waals surface area contributed by atoms with Gasteiger partial charge in [0.1, 0.15) is 5.75 Å². The van der Waals surface area contributed by atoms with E-state index in [0.717, 1.165) is 0 Å². The van der Waals surface area contributed by atoms with Crippen molar-refractivity contribution in [3.63, 3.8) is 0 Å². The SMILES string of the molecule is CC(C)c1ccc(OCCC(=O)NCC(F)(F)CN)cc1.Cl. The van der Waals surface area contributed by atoms with Crippen LogP contribution < -0.4 is 15.8 Å². The number of nitrogens with one attached hydrogen (secondary N) is 1. The molecule has 1 aromatic carbocycles. The molecule has 1 aromatic rings. The Hall–Kier alpha value is -1.40. The smallest absolute Gasteiger partial charge is 0.277 e. The predicted octanol–water partition coefficient (Wildman–Crippen LogP) is 2.71. The molecule has 22 heavy (non-hydrogen) atoms. The van der Waals surface area contributed by atoms with E-state index in [-0.39, 0.29) is 25.4 Å². The standard InChI is InChI=1S/C15H22F2N2O2.ClH/c1-11(2)12-3-5-13(6-4-12)21-8-7-14(20)19-10-15(16,17)9-18;/h3-6,11H,7-10,18H2,1-2H3,(H,19,20);1H. The summed E-state index contributed by atoms with van der Waals surface area (Å²) in [5.41, 5.74) is 6.07. The molecule has 0 saturated heterocycles. The number of carbonyl (C=O) groups is 1. The van der Waals surface area contributed by atoms with E-state index in [0.29, 0.717) is 11.7 Å². The molecule has 0 unspecified atom stereocenters. The average Bonchev–Trinajstić information content (AvgIpc) is 2.46. The summed E-state index contributed by atoms with van der Waals surface area (Å²) in [6.45, 7) is 2.80. The summed E-state index contributed by atoms with van der Waals surface area (Å²) in [6.07, 6.45) is 0.0204. The first-order valence-corrected chi connectivity index (χ1v) is 6.91. The molecule has 0 aromatic heterocycles. The molecule has 1 rings (SSSR count). The molecule has 4 nitrogen and oxygen atoms in total. The highest BCUT2D eigenvalue weighted by atomic mass is 35.5. The summed E-state index contributed by atoms with van der Waals surface area (Å²) in [6, 6.07) is 7.58. The Morgan fingerprint density at radius 1 is 1.32 bits per heavy atom. The lowest BCUT2D eigenvalue weighted by molar-refractivity contribution is -0.123. The van der Waals surface area contributed by atoms with Crippen LogP contribution in [0.2, 0.25) is 0 Å². The lowest BCUT2D eigenvalue weighted by Gasteiger charge is -2.14. The molecule has 0 saturated carbocycles. The van der Waals surface area contributed by atoms with Crippen molar-refractivity contribution in [3.8, 4) is 5.75 Å². The third-order valence-corrected chi connectivity index (χ3v) is 2.99. The van der Waals surface area contributed by atoms with E-state index >= 15 is 0 Å². The zero-order valence-electron chi connectivity index (χ0n) is 12.8. The molecule has 0 aliphatic rings. The van der Waals surface area contributed by atoms with E-state index in [1.165, 1.54) is 5.56 Å². The highest BCUT2D eigenvalue weighted by Gasteiger charge is 2.26. The molecule has 0 bridgehead atoms. The number of rotatable bonds is 8. The Morgan fingerprint density at radius 3 is 2.41 bits per heavy atom. The van der Waals surface area contributed by atoms with E-state index in [1.54, 1.807) is 0 Å². The fourth-order valence-corrected chi connectivity index (χ4v) is 1.60. The van der Waals surface area contributed by atoms with E-state index in [4.69, 9.17) is 10.5 Å². The monoisotopic (exact) mass is 336 g/mol. The minimum atomic E-state index is -3.07. The van der Waals surface area contributed by atoms with Crippen molar-refractivity contribution < 1.29 is 18.3 Å². The Balaban J connectivity index is 0.00000441. The summed E-state index contributed by atoms with van der Waals surface area (Å²) in [5, 5.41) is 2.14. The van der Waals surface area contributed by atoms with Crippen LogP contribution >= 0.6 is 12.4 Å². The van der Waals surface area contributed by atoms with Crippen LogP contribution in [0.25, 0.3) is 0 Å². The van der Waals surface area contributed by atoms with Gasteiger partial charge in [0.05, 0.1) is 26.1 Å². The van der Waals surface area contributed by atoms with Crippen LogP contribution in [0.4, 0.5) is 8.78 Å². The van der Waals surface area contributed by atoms with E-state index < -0.39 is 24.9 Å². The van der Waals surface area contributed by atoms with Gasteiger partial charge in [0.25, 0.3) is 5.92 Å². The van der Waals surface area contributed by atoms with Gasteiger partial charge in [-0.15, -0.1) is 12.4 Å². The van der Waals surface area contributed by atoms with Crippen molar-refractivity contribution >= 4 is 18.3 Å². The first kappa shape index (κ1) is 20.6. The lowest BCUT2D eigenvalue weighted by Crippen LogP contribution is -2.41. The molecule has 0 fully saturated rings. The maximum Gasteiger partial charge on any atom is 0.277 e. The van der Waals surface area contributed by atoms with Crippen LogP contribution in [0.5, 0.6) is 5.75 Å². The van der Waals surface area contributed by atoms with Crippen LogP contribution in [-0.2, 0) is 4.79 Å². The molecular weight excluding hydrogens is 314 g/mol. The van der Waals surface area contributed by atoms with E-state index in [2.05, 4.69) is 19.2 Å². The third kappa shape index (κ3) is 7.56. The van der Waals surface area contributed by atoms with E-state index in [9.17, 15) is 13.6 Å². The van der Waals surface area contributed by atoms with Gasteiger partial charge in [-0.3, -0.25) is 4.79 Å². The molecule has 126 valence electrons. The average molecular weight is 337 g/mol. The molecule has 3 N–H and O–H groups in total. The summed E-state index contributed by atoms with van der Waals surface area (Å²) in [4.78, 5) is 11.4. The number of amides is 1. The van der Waals surface area contributed by atoms with Crippen molar-refractivity contribution in [1.29, 1.82) is 0 Å². The largest absolute Gasteiger partial charge is 0.493 e. The van der Waals surface area contributed by atoms with Crippen molar-refractivity contribution in [1.82, 2.24) is 5.32 Å². The second-order valence-electron chi connectivity index (χ2n) is 5.16. The Morgan fingerprint density at radius 2 is 1.91 bits per heavy atom. The second kappa shape index (κ2) is 9.58. The van der Waals surface area contributed by atoms with E-state index in [1.807, 2.05) is 24.3 Å². The van der Waals surface area contributed by atoms with Crippen LogP contribution in [0.3, 0.4) is 0 Å². The summed E-state index contributed by atoms with van der Waals surface area (Å²) in [7, 11) is 0. The van der Waals surface area contributed by atoms with Crippen LogP contribution in [0.1, 0.15) is 31.7 Å². The number of hydrogen-bond donors (Lipinski definition) is 2. The molecule has 0 aliphatic heterocycles. The molecule has 0 heterocycles. The fraction of sp³-hybridized carbons (Fsp3) is 0.533. The van der Waals surface area contributed by atoms with Gasteiger partial charge in [-0.05, 0) is 23.6 Å². The Bertz CT molecular complexity index is 453. The Kier molecular flexibility index (Phi) is 8.97. The molecule has 7 heteroatoms. The normalized spacial score (nSPS) is 11.0. The summed E-state index contributed by atoms with van der Waals surface area (Å²) < 4.78 is 31.1. The van der Waals surface area contributed by atoms with Gasteiger partial charge in [0, 0.05) is 0 Å². The summed E-state index contributed by atoms with van der Waals surface area (Å²) >= 11 is 0. The fourth-order valence-electron chi connectivity index (χ4n) is 1.60. The van der Waals surface area contributed by atoms with Crippen molar-refractivity contribution in [2.75, 3.05) is 19.7 Å². The number of alkyl halides is 2. The minimum Gasteiger partial charge on any atom is -0.493 e. The topological polar surface area (TPSA) is 64.3 Å². The first-order chi connectivity index (χ1) is 9.84. The molecule has 0 radical (unpaired) electrons. The highest BCUT2D eigenvalue weighted by Crippen LogP contribution is 2.18. The van der Waals surface area contributed by atoms with Crippen LogP contribution in [-0.4, -0.2) is 31.5 Å². The second-order valence-corrected chi connectivity index (χ2v) is 5.16. The molecule has 0 spiro atoms. The van der Waals surface area contributed by atoms with Gasteiger partial charge < -0.3 is 15.8 Å². The number of hydrogen-bond acceptors (Lipinski definition) is 3. The van der Waals surface area contributed by atoms with Crippen LogP contribution in [0, 0.1) is 0 Å². The summed E-state index contributed by atoms with van der Waals surface area (Å²) in [5.74, 6) is -2.46. The maximum atomic E-state index is 12.8. The number of carbonyl (C=O) groups excluding carboxylic acids is 1. The van der Waals surface area contributed by atoms with Crippen molar-refractivity contribution in [2.24, 2.45) is 5.73 Å². The minimum absolute atomic E-state index is 0. The van der Waals surface area contributed by atoms with Gasteiger partial charge in [0.2, 0.25) is 5.91 Å². The number of benzene rings is 1. The van der Waals surface area contributed by atoms with Gasteiger partial charge in [-0.1, -0.05) is 26.0 Å². The van der Waals surface area contributed by atoms with Crippen molar-refractivity contribution in [3.05, 3.63) is 29.8 Å². The molecular formula is C15H23ClF2N2O2. The number of ether oxygens (including phenoxy) is 1. The number of halogens is 3. The predicted molar refractivity (Wildman–Crippen MR) is 84.9 cm³/mol. The molecule has 1 amide bonds. The quantitative estimate of drug-likeness (QED) is 0.767. The van der Waals surface area contributed by atoms with Crippen molar-refractivity contribution in [2.45, 2.75) is 32.1 Å².